The van der Waals surface area contributed by atoms with E-state index >= 15 is 0 Å². The Balaban J connectivity index is 2.50. The maximum Gasteiger partial charge on any atom is 0.435 e. The van der Waals surface area contributed by atoms with Gasteiger partial charge in [0, 0.05) is 18.3 Å². The van der Waals surface area contributed by atoms with E-state index < -0.39 is 17.9 Å². The predicted octanol–water partition coefficient (Wildman–Crippen LogP) is 2.09. The number of nitrogens with zero attached hydrogens (tertiary/aromatic N) is 2. The van der Waals surface area contributed by atoms with E-state index in [9.17, 15) is 18.0 Å². The highest BCUT2D eigenvalue weighted by molar-refractivity contribution is 5.80. The van der Waals surface area contributed by atoms with E-state index in [1.54, 1.807) is 6.92 Å². The van der Waals surface area contributed by atoms with Crippen molar-refractivity contribution in [1.29, 1.82) is 0 Å². The summed E-state index contributed by atoms with van der Waals surface area (Å²) in [6.07, 6.45) is -2.44. The summed E-state index contributed by atoms with van der Waals surface area (Å²) in [5.74, 6) is -0.312. The molecule has 0 saturated heterocycles. The molecule has 1 heterocycles. The summed E-state index contributed by atoms with van der Waals surface area (Å²) < 4.78 is 40.1. The number of alkyl halides is 3. The Morgan fingerprint density at radius 3 is 2.68 bits per heavy atom. The molecule has 0 aliphatic heterocycles. The van der Waals surface area contributed by atoms with Crippen LogP contribution in [0.15, 0.2) is 0 Å². The molecule has 0 spiro atoms. The summed E-state index contributed by atoms with van der Waals surface area (Å²) in [4.78, 5) is 11.7. The van der Waals surface area contributed by atoms with Crippen molar-refractivity contribution in [2.75, 3.05) is 7.05 Å². The molecule has 0 bridgehead atoms. The van der Waals surface area contributed by atoms with Crippen molar-refractivity contribution in [3.8, 4) is 0 Å². The Kier molecular flexibility index (Phi) is 3.56. The number of hydrogen-bond donors (Lipinski definition) is 1. The monoisotopic (exact) mass is 275 g/mol. The molecular formula is C12H16F3N3O. The summed E-state index contributed by atoms with van der Waals surface area (Å²) in [5.41, 5.74) is -0.0139. The first-order valence-corrected chi connectivity index (χ1v) is 6.29. The Bertz CT molecular complexity index is 493. The van der Waals surface area contributed by atoms with E-state index in [4.69, 9.17) is 0 Å². The molecule has 0 saturated carbocycles. The fourth-order valence-electron chi connectivity index (χ4n) is 2.59. The quantitative estimate of drug-likeness (QED) is 0.918. The van der Waals surface area contributed by atoms with Crippen LogP contribution < -0.4 is 5.32 Å². The van der Waals surface area contributed by atoms with Gasteiger partial charge in [-0.2, -0.15) is 18.3 Å². The van der Waals surface area contributed by atoms with E-state index in [1.807, 2.05) is 0 Å². The zero-order chi connectivity index (χ0) is 14.2. The molecule has 19 heavy (non-hydrogen) atoms. The number of aromatic nitrogens is 2. The highest BCUT2D eigenvalue weighted by Gasteiger charge is 2.41. The van der Waals surface area contributed by atoms with Crippen LogP contribution in [-0.2, 0) is 23.8 Å². The van der Waals surface area contributed by atoms with Crippen LogP contribution >= 0.6 is 0 Å². The molecule has 1 aromatic heterocycles. The summed E-state index contributed by atoms with van der Waals surface area (Å²) in [5, 5.41) is 6.15. The van der Waals surface area contributed by atoms with Gasteiger partial charge in [0.1, 0.15) is 6.04 Å². The van der Waals surface area contributed by atoms with Crippen LogP contribution in [0.1, 0.15) is 42.8 Å². The van der Waals surface area contributed by atoms with E-state index in [0.29, 0.717) is 31.4 Å². The fourth-order valence-corrected chi connectivity index (χ4v) is 2.59. The second-order valence-electron chi connectivity index (χ2n) is 4.61. The van der Waals surface area contributed by atoms with Gasteiger partial charge in [-0.15, -0.1) is 0 Å². The molecule has 1 amide bonds. The number of fused-ring (bicyclic) bond motifs is 1. The van der Waals surface area contributed by atoms with E-state index in [1.165, 1.54) is 11.7 Å². The number of carbonyl (C=O) groups is 1. The zero-order valence-electron chi connectivity index (χ0n) is 10.8. The smallest absolute Gasteiger partial charge is 0.357 e. The molecule has 1 aliphatic rings. The third kappa shape index (κ3) is 2.33. The third-order valence-electron chi connectivity index (χ3n) is 3.46. The molecule has 1 N–H and O–H groups in total. The van der Waals surface area contributed by atoms with Crippen molar-refractivity contribution < 1.29 is 18.0 Å². The summed E-state index contributed by atoms with van der Waals surface area (Å²) in [6.45, 7) is 1.76. The van der Waals surface area contributed by atoms with Crippen LogP contribution in [-0.4, -0.2) is 22.7 Å². The first kappa shape index (κ1) is 13.9. The highest BCUT2D eigenvalue weighted by Crippen LogP contribution is 2.37. The SMILES string of the molecule is CCC(C(=O)NC)n1nc(C(F)(F)F)c2c1CCC2. The van der Waals surface area contributed by atoms with Crippen LogP contribution in [0, 0.1) is 0 Å². The van der Waals surface area contributed by atoms with Crippen molar-refractivity contribution in [3.05, 3.63) is 17.0 Å². The third-order valence-corrected chi connectivity index (χ3v) is 3.46. The Hall–Kier alpha value is -1.53. The second kappa shape index (κ2) is 4.86. The molecule has 1 atom stereocenters. The Labute approximate surface area is 109 Å². The van der Waals surface area contributed by atoms with Gasteiger partial charge in [-0.1, -0.05) is 6.92 Å². The lowest BCUT2D eigenvalue weighted by atomic mass is 10.2. The summed E-state index contributed by atoms with van der Waals surface area (Å²) in [7, 11) is 1.47. The first-order chi connectivity index (χ1) is 8.90. The maximum atomic E-state index is 12.9. The van der Waals surface area contributed by atoms with E-state index in [-0.39, 0.29) is 11.5 Å². The average Bonchev–Trinajstić information content (AvgIpc) is 2.91. The van der Waals surface area contributed by atoms with Gasteiger partial charge >= 0.3 is 6.18 Å². The van der Waals surface area contributed by atoms with Crippen molar-refractivity contribution in [2.24, 2.45) is 0 Å². The lowest BCUT2D eigenvalue weighted by molar-refractivity contribution is -0.142. The second-order valence-corrected chi connectivity index (χ2v) is 4.61. The number of carbonyl (C=O) groups excluding carboxylic acids is 1. The van der Waals surface area contributed by atoms with Crippen molar-refractivity contribution >= 4 is 5.91 Å². The minimum atomic E-state index is -4.46. The largest absolute Gasteiger partial charge is 0.435 e. The van der Waals surface area contributed by atoms with E-state index in [2.05, 4.69) is 10.4 Å². The predicted molar refractivity (Wildman–Crippen MR) is 62.6 cm³/mol. The van der Waals surface area contributed by atoms with Gasteiger partial charge < -0.3 is 5.32 Å². The van der Waals surface area contributed by atoms with Gasteiger partial charge in [0.05, 0.1) is 0 Å². The molecule has 0 radical (unpaired) electrons. The molecule has 7 heteroatoms. The van der Waals surface area contributed by atoms with Gasteiger partial charge in [0.25, 0.3) is 0 Å². The summed E-state index contributed by atoms with van der Waals surface area (Å²) in [6, 6.07) is -0.673. The minimum Gasteiger partial charge on any atom is -0.357 e. The van der Waals surface area contributed by atoms with Gasteiger partial charge in [-0.25, -0.2) is 0 Å². The Morgan fingerprint density at radius 1 is 1.47 bits per heavy atom. The first-order valence-electron chi connectivity index (χ1n) is 6.29. The summed E-state index contributed by atoms with van der Waals surface area (Å²) >= 11 is 0. The van der Waals surface area contributed by atoms with E-state index in [0.717, 1.165) is 0 Å². The number of halogens is 3. The minimum absolute atomic E-state index is 0.259. The van der Waals surface area contributed by atoms with Gasteiger partial charge in [0.15, 0.2) is 5.69 Å². The van der Waals surface area contributed by atoms with Crippen molar-refractivity contribution in [3.63, 3.8) is 0 Å². The van der Waals surface area contributed by atoms with Crippen molar-refractivity contribution in [1.82, 2.24) is 15.1 Å². The van der Waals surface area contributed by atoms with Crippen LogP contribution in [0.3, 0.4) is 0 Å². The van der Waals surface area contributed by atoms with Gasteiger partial charge in [0.2, 0.25) is 5.91 Å². The Morgan fingerprint density at radius 2 is 2.16 bits per heavy atom. The van der Waals surface area contributed by atoms with Crippen LogP contribution in [0.2, 0.25) is 0 Å². The molecule has 1 unspecified atom stereocenters. The fraction of sp³-hybridized carbons (Fsp3) is 0.667. The number of amides is 1. The van der Waals surface area contributed by atoms with Gasteiger partial charge in [-0.05, 0) is 25.7 Å². The number of rotatable bonds is 3. The molecule has 0 fully saturated rings. The lowest BCUT2D eigenvalue weighted by Crippen LogP contribution is -2.31. The molecule has 1 aromatic rings. The number of likely N-dealkylation sites (N-methyl/N-ethyl adjacent to an activating group) is 1. The number of nitrogens with one attached hydrogen (secondary N) is 1. The molecule has 4 nitrogen and oxygen atoms in total. The standard InChI is InChI=1S/C12H16F3N3O/c1-3-8(11(19)16-2)18-9-6-4-5-7(9)10(17-18)12(13,14)15/h8H,3-6H2,1-2H3,(H,16,19). The van der Waals surface area contributed by atoms with Crippen LogP contribution in [0.25, 0.3) is 0 Å². The maximum absolute atomic E-state index is 12.9. The van der Waals surface area contributed by atoms with Crippen LogP contribution in [0.4, 0.5) is 13.2 Å². The zero-order valence-corrected chi connectivity index (χ0v) is 10.8. The average molecular weight is 275 g/mol. The lowest BCUT2D eigenvalue weighted by Gasteiger charge is -2.16. The molecule has 2 rings (SSSR count). The molecule has 1 aliphatic carbocycles. The van der Waals surface area contributed by atoms with Crippen LogP contribution in [0.5, 0.6) is 0 Å². The van der Waals surface area contributed by atoms with Gasteiger partial charge in [-0.3, -0.25) is 9.48 Å². The molecular weight excluding hydrogens is 259 g/mol. The highest BCUT2D eigenvalue weighted by atomic mass is 19.4. The topological polar surface area (TPSA) is 46.9 Å². The molecule has 106 valence electrons. The van der Waals surface area contributed by atoms with Crippen molar-refractivity contribution in [2.45, 2.75) is 44.8 Å². The number of hydrogen-bond acceptors (Lipinski definition) is 2. The normalized spacial score (nSPS) is 16.3. The molecule has 0 aromatic carbocycles.